The highest BCUT2D eigenvalue weighted by atomic mass is 16.3. The third-order valence-corrected chi connectivity index (χ3v) is 4.25. The highest BCUT2D eigenvalue weighted by Crippen LogP contribution is 2.42. The van der Waals surface area contributed by atoms with Crippen molar-refractivity contribution in [2.75, 3.05) is 5.32 Å². The fourth-order valence-corrected chi connectivity index (χ4v) is 3.21. The number of phenolic OH excluding ortho intramolecular Hbond substituents is 3. The second-order valence-electron chi connectivity index (χ2n) is 5.65. The molecule has 5 nitrogen and oxygen atoms in total. The van der Waals surface area contributed by atoms with Crippen LogP contribution in [0.2, 0.25) is 0 Å². The summed E-state index contributed by atoms with van der Waals surface area (Å²) in [6.45, 7) is 0. The number of phenols is 3. The van der Waals surface area contributed by atoms with Gasteiger partial charge in [0.1, 0.15) is 6.17 Å². The van der Waals surface area contributed by atoms with Crippen molar-refractivity contribution in [1.29, 1.82) is 0 Å². The zero-order valence-electron chi connectivity index (χ0n) is 11.7. The van der Waals surface area contributed by atoms with Crippen molar-refractivity contribution in [3.63, 3.8) is 0 Å². The molecule has 1 aliphatic heterocycles. The molecule has 0 amide bonds. The fraction of sp³-hybridized carbons (Fsp3) is 0.176. The van der Waals surface area contributed by atoms with Gasteiger partial charge in [0, 0.05) is 11.7 Å². The summed E-state index contributed by atoms with van der Waals surface area (Å²) < 4.78 is 0. The molecule has 0 radical (unpaired) electrons. The zero-order chi connectivity index (χ0) is 15.3. The Morgan fingerprint density at radius 3 is 2.59 bits per heavy atom. The quantitative estimate of drug-likeness (QED) is 0.522. The molecule has 2 aromatic rings. The van der Waals surface area contributed by atoms with Crippen molar-refractivity contribution >= 4 is 11.8 Å². The highest BCUT2D eigenvalue weighted by molar-refractivity contribution is 5.69. The Labute approximate surface area is 127 Å². The van der Waals surface area contributed by atoms with E-state index >= 15 is 0 Å². The van der Waals surface area contributed by atoms with Gasteiger partial charge in [-0.2, -0.15) is 0 Å². The van der Waals surface area contributed by atoms with E-state index < -0.39 is 5.75 Å². The predicted molar refractivity (Wildman–Crippen MR) is 83.8 cm³/mol. The summed E-state index contributed by atoms with van der Waals surface area (Å²) in [5, 5.41) is 35.8. The third-order valence-electron chi connectivity index (χ3n) is 4.25. The second-order valence-corrected chi connectivity index (χ2v) is 5.65. The molecule has 4 rings (SSSR count). The monoisotopic (exact) mass is 296 g/mol. The zero-order valence-corrected chi connectivity index (χ0v) is 11.7. The van der Waals surface area contributed by atoms with Crippen molar-refractivity contribution in [3.8, 4) is 17.2 Å². The standard InChI is InChI=1S/C17H16N2O3/c20-13-7-10(8-14(21)16(13)22)17-18-11-5-1-3-9-4-2-6-12(19-17)15(9)11/h1-5,7-8,12,17-22H,6H2. The fourth-order valence-electron chi connectivity index (χ4n) is 3.21. The Kier molecular flexibility index (Phi) is 2.77. The Balaban J connectivity index is 1.76. The van der Waals surface area contributed by atoms with Gasteiger partial charge in [-0.3, -0.25) is 5.32 Å². The average molecular weight is 296 g/mol. The van der Waals surface area contributed by atoms with Crippen LogP contribution in [0.15, 0.2) is 36.4 Å². The molecule has 2 aromatic carbocycles. The number of benzene rings is 2. The molecule has 5 heteroatoms. The van der Waals surface area contributed by atoms with E-state index in [1.165, 1.54) is 23.3 Å². The second kappa shape index (κ2) is 4.68. The third kappa shape index (κ3) is 1.90. The van der Waals surface area contributed by atoms with Crippen LogP contribution in [-0.4, -0.2) is 15.3 Å². The van der Waals surface area contributed by atoms with Crippen molar-refractivity contribution in [2.45, 2.75) is 18.6 Å². The molecule has 2 aliphatic rings. The predicted octanol–water partition coefficient (Wildman–Crippen LogP) is 2.98. The molecule has 1 heterocycles. The maximum atomic E-state index is 9.71. The van der Waals surface area contributed by atoms with Gasteiger partial charge in [-0.1, -0.05) is 24.3 Å². The molecular formula is C17H16N2O3. The average Bonchev–Trinajstić information content (AvgIpc) is 2.52. The van der Waals surface area contributed by atoms with E-state index in [-0.39, 0.29) is 23.7 Å². The number of rotatable bonds is 1. The SMILES string of the molecule is Oc1cc(C2Nc3cccc4c3C(CC=C4)N2)cc(O)c1O. The normalized spacial score (nSPS) is 22.0. The maximum Gasteiger partial charge on any atom is 0.200 e. The summed E-state index contributed by atoms with van der Waals surface area (Å²) in [5.74, 6) is -1.16. The van der Waals surface area contributed by atoms with Gasteiger partial charge in [0.15, 0.2) is 17.2 Å². The minimum Gasteiger partial charge on any atom is -0.504 e. The van der Waals surface area contributed by atoms with Crippen LogP contribution in [-0.2, 0) is 0 Å². The summed E-state index contributed by atoms with van der Waals surface area (Å²) in [4.78, 5) is 0. The van der Waals surface area contributed by atoms with Gasteiger partial charge < -0.3 is 20.6 Å². The number of aromatic hydroxyl groups is 3. The smallest absolute Gasteiger partial charge is 0.200 e. The van der Waals surface area contributed by atoms with Crippen molar-refractivity contribution in [2.24, 2.45) is 0 Å². The number of anilines is 1. The molecule has 1 aliphatic carbocycles. The molecule has 0 bridgehead atoms. The molecular weight excluding hydrogens is 280 g/mol. The summed E-state index contributed by atoms with van der Waals surface area (Å²) >= 11 is 0. The first-order chi connectivity index (χ1) is 10.6. The number of hydrogen-bond donors (Lipinski definition) is 5. The minimum atomic E-state index is -0.497. The Morgan fingerprint density at radius 1 is 1.05 bits per heavy atom. The van der Waals surface area contributed by atoms with Crippen molar-refractivity contribution < 1.29 is 15.3 Å². The van der Waals surface area contributed by atoms with Gasteiger partial charge in [0.2, 0.25) is 0 Å². The van der Waals surface area contributed by atoms with Crippen LogP contribution in [0, 0.1) is 0 Å². The lowest BCUT2D eigenvalue weighted by Crippen LogP contribution is -2.37. The van der Waals surface area contributed by atoms with Crippen LogP contribution in [0.3, 0.4) is 0 Å². The lowest BCUT2D eigenvalue weighted by Gasteiger charge is -2.37. The molecule has 22 heavy (non-hydrogen) atoms. The van der Waals surface area contributed by atoms with Crippen molar-refractivity contribution in [3.05, 3.63) is 53.1 Å². The Bertz CT molecular complexity index is 762. The molecule has 112 valence electrons. The van der Waals surface area contributed by atoms with Crippen molar-refractivity contribution in [1.82, 2.24) is 5.32 Å². The molecule has 5 N–H and O–H groups in total. The van der Waals surface area contributed by atoms with Gasteiger partial charge >= 0.3 is 0 Å². The minimum absolute atomic E-state index is 0.181. The summed E-state index contributed by atoms with van der Waals surface area (Å²) in [6, 6.07) is 9.20. The summed E-state index contributed by atoms with van der Waals surface area (Å²) in [5.41, 5.74) is 4.15. The van der Waals surface area contributed by atoms with Crippen LogP contribution in [0.5, 0.6) is 17.2 Å². The van der Waals surface area contributed by atoms with Gasteiger partial charge in [0.25, 0.3) is 0 Å². The van der Waals surface area contributed by atoms with E-state index in [0.717, 1.165) is 12.1 Å². The number of nitrogens with one attached hydrogen (secondary N) is 2. The maximum absolute atomic E-state index is 9.71. The summed E-state index contributed by atoms with van der Waals surface area (Å²) in [6.07, 6.45) is 4.89. The molecule has 0 saturated heterocycles. The molecule has 0 saturated carbocycles. The molecule has 0 fully saturated rings. The first-order valence-corrected chi connectivity index (χ1v) is 7.20. The lowest BCUT2D eigenvalue weighted by atomic mass is 9.88. The van der Waals surface area contributed by atoms with Gasteiger partial charge in [-0.05, 0) is 41.3 Å². The van der Waals surface area contributed by atoms with Gasteiger partial charge in [0.05, 0.1) is 0 Å². The van der Waals surface area contributed by atoms with E-state index in [0.29, 0.717) is 5.56 Å². The Morgan fingerprint density at radius 2 is 1.82 bits per heavy atom. The van der Waals surface area contributed by atoms with E-state index in [9.17, 15) is 15.3 Å². The molecule has 0 aromatic heterocycles. The molecule has 2 unspecified atom stereocenters. The summed E-state index contributed by atoms with van der Waals surface area (Å²) in [7, 11) is 0. The van der Waals surface area contributed by atoms with E-state index in [2.05, 4.69) is 28.9 Å². The van der Waals surface area contributed by atoms with Crippen LogP contribution >= 0.6 is 0 Å². The number of hydrogen-bond acceptors (Lipinski definition) is 5. The topological polar surface area (TPSA) is 84.8 Å². The van der Waals surface area contributed by atoms with Crippen LogP contribution < -0.4 is 10.6 Å². The first-order valence-electron chi connectivity index (χ1n) is 7.20. The van der Waals surface area contributed by atoms with E-state index in [1.807, 2.05) is 12.1 Å². The van der Waals surface area contributed by atoms with Gasteiger partial charge in [-0.25, -0.2) is 0 Å². The lowest BCUT2D eigenvalue weighted by molar-refractivity contribution is 0.365. The largest absolute Gasteiger partial charge is 0.504 e. The van der Waals surface area contributed by atoms with Crippen LogP contribution in [0.1, 0.15) is 35.3 Å². The highest BCUT2D eigenvalue weighted by Gasteiger charge is 2.29. The molecule has 2 atom stereocenters. The molecule has 0 spiro atoms. The van der Waals surface area contributed by atoms with Crippen LogP contribution in [0.25, 0.3) is 6.08 Å². The van der Waals surface area contributed by atoms with Gasteiger partial charge in [-0.15, -0.1) is 0 Å². The van der Waals surface area contributed by atoms with E-state index in [4.69, 9.17) is 0 Å². The first kappa shape index (κ1) is 13.0. The van der Waals surface area contributed by atoms with Crippen LogP contribution in [0.4, 0.5) is 5.69 Å². The Hall–Kier alpha value is -2.66. The van der Waals surface area contributed by atoms with E-state index in [1.54, 1.807) is 0 Å².